The lowest BCUT2D eigenvalue weighted by Crippen LogP contribution is -2.48. The first-order chi connectivity index (χ1) is 4.63. The molecule has 1 heterocycles. The van der Waals surface area contributed by atoms with E-state index in [1.165, 1.54) is 0 Å². The molecule has 1 aliphatic rings. The van der Waals surface area contributed by atoms with Gasteiger partial charge < -0.3 is 14.9 Å². The highest BCUT2D eigenvalue weighted by molar-refractivity contribution is 9.09. The molecule has 5 heteroatoms. The van der Waals surface area contributed by atoms with E-state index in [0.717, 1.165) is 0 Å². The molecule has 10 heavy (non-hydrogen) atoms. The lowest BCUT2D eigenvalue weighted by molar-refractivity contribution is -0.155. The molecule has 0 aromatic rings. The number of halogens is 2. The van der Waals surface area contributed by atoms with Crippen LogP contribution in [0.15, 0.2) is 0 Å². The Labute approximate surface area is 65.9 Å². The molecule has 3 nitrogen and oxygen atoms in total. The first-order valence-corrected chi connectivity index (χ1v) is 3.80. The Morgan fingerprint density at radius 2 is 2.10 bits per heavy atom. The van der Waals surface area contributed by atoms with Gasteiger partial charge in [0.2, 0.25) is 6.36 Å². The molecule has 1 aliphatic heterocycles. The van der Waals surface area contributed by atoms with E-state index in [-0.39, 0.29) is 6.61 Å². The predicted molar refractivity (Wildman–Crippen MR) is 35.6 cm³/mol. The molecule has 0 saturated carbocycles. The van der Waals surface area contributed by atoms with E-state index in [4.69, 9.17) is 10.2 Å². The molecular weight excluding hydrogens is 207 g/mol. The monoisotopic (exact) mass is 214 g/mol. The van der Waals surface area contributed by atoms with Crippen LogP contribution in [0.5, 0.6) is 0 Å². The molecule has 1 saturated heterocycles. The lowest BCUT2D eigenvalue weighted by Gasteiger charge is -2.30. The van der Waals surface area contributed by atoms with Gasteiger partial charge in [-0.05, 0) is 0 Å². The normalized spacial score (nSPS) is 49.2. The molecule has 1 rings (SSSR count). The molecule has 0 amide bonds. The Balaban J connectivity index is 2.52. The second kappa shape index (κ2) is 3.13. The van der Waals surface area contributed by atoms with Crippen LogP contribution >= 0.6 is 15.9 Å². The fourth-order valence-corrected chi connectivity index (χ4v) is 1.25. The first-order valence-electron chi connectivity index (χ1n) is 2.89. The van der Waals surface area contributed by atoms with Gasteiger partial charge in [0.15, 0.2) is 0 Å². The van der Waals surface area contributed by atoms with E-state index in [0.29, 0.717) is 0 Å². The van der Waals surface area contributed by atoms with Gasteiger partial charge >= 0.3 is 0 Å². The van der Waals surface area contributed by atoms with E-state index < -0.39 is 23.4 Å². The minimum absolute atomic E-state index is 0.148. The van der Waals surface area contributed by atoms with Crippen molar-refractivity contribution in [3.8, 4) is 0 Å². The van der Waals surface area contributed by atoms with Gasteiger partial charge in [0.25, 0.3) is 0 Å². The summed E-state index contributed by atoms with van der Waals surface area (Å²) in [6.07, 6.45) is -3.60. The van der Waals surface area contributed by atoms with Crippen LogP contribution in [0.3, 0.4) is 0 Å². The molecule has 0 aliphatic carbocycles. The van der Waals surface area contributed by atoms with Crippen LogP contribution in [0.1, 0.15) is 0 Å². The molecule has 0 bridgehead atoms. The summed E-state index contributed by atoms with van der Waals surface area (Å²) in [7, 11) is 0. The van der Waals surface area contributed by atoms with Crippen molar-refractivity contribution in [1.29, 1.82) is 0 Å². The molecule has 0 radical (unpaired) electrons. The third-order valence-corrected chi connectivity index (χ3v) is 2.35. The van der Waals surface area contributed by atoms with Crippen molar-refractivity contribution in [3.05, 3.63) is 0 Å². The SMILES string of the molecule is O[C@H]1[C@H](Br)[C@H](F)OC[C@H]1O. The molecule has 4 atom stereocenters. The van der Waals surface area contributed by atoms with Crippen LogP contribution in [0.4, 0.5) is 4.39 Å². The van der Waals surface area contributed by atoms with E-state index in [1.807, 2.05) is 0 Å². The summed E-state index contributed by atoms with van der Waals surface area (Å²) in [5.74, 6) is 0. The standard InChI is InChI=1S/C5H8BrFO3/c6-3-4(9)2(8)1-10-5(3)7/h2-5,8-9H,1H2/t2-,3+,4-,5-/m1/s1. The van der Waals surface area contributed by atoms with Crippen LogP contribution < -0.4 is 0 Å². The maximum atomic E-state index is 12.5. The van der Waals surface area contributed by atoms with Crippen LogP contribution in [0.25, 0.3) is 0 Å². The van der Waals surface area contributed by atoms with Gasteiger partial charge in [-0.1, -0.05) is 15.9 Å². The minimum Gasteiger partial charge on any atom is -0.389 e. The summed E-state index contributed by atoms with van der Waals surface area (Å²) in [6.45, 7) is -0.148. The van der Waals surface area contributed by atoms with Crippen LogP contribution in [0.2, 0.25) is 0 Å². The average Bonchev–Trinajstić information content (AvgIpc) is 1.93. The highest BCUT2D eigenvalue weighted by atomic mass is 79.9. The number of alkyl halides is 2. The van der Waals surface area contributed by atoms with Gasteiger partial charge in [-0.3, -0.25) is 0 Å². The van der Waals surface area contributed by atoms with Gasteiger partial charge in [0.1, 0.15) is 6.10 Å². The van der Waals surface area contributed by atoms with Gasteiger partial charge in [0.05, 0.1) is 17.5 Å². The van der Waals surface area contributed by atoms with E-state index in [1.54, 1.807) is 0 Å². The van der Waals surface area contributed by atoms with Crippen molar-refractivity contribution < 1.29 is 19.3 Å². The Hall–Kier alpha value is 0.290. The topological polar surface area (TPSA) is 49.7 Å². The molecule has 60 valence electrons. The van der Waals surface area contributed by atoms with Crippen molar-refractivity contribution in [2.45, 2.75) is 23.4 Å². The van der Waals surface area contributed by atoms with E-state index in [9.17, 15) is 4.39 Å². The Morgan fingerprint density at radius 3 is 2.60 bits per heavy atom. The Morgan fingerprint density at radius 1 is 1.50 bits per heavy atom. The van der Waals surface area contributed by atoms with Gasteiger partial charge in [-0.2, -0.15) is 0 Å². The predicted octanol–water partition coefficient (Wildman–Crippen LogP) is -0.203. The number of ether oxygens (including phenoxy) is 1. The maximum absolute atomic E-state index is 12.5. The Kier molecular flexibility index (Phi) is 2.62. The van der Waals surface area contributed by atoms with Crippen molar-refractivity contribution in [2.75, 3.05) is 6.61 Å². The molecule has 0 spiro atoms. The van der Waals surface area contributed by atoms with Crippen LogP contribution in [-0.4, -0.2) is 40.2 Å². The number of aliphatic hydroxyl groups excluding tert-OH is 2. The quantitative estimate of drug-likeness (QED) is 0.550. The van der Waals surface area contributed by atoms with Crippen molar-refractivity contribution >= 4 is 15.9 Å². The zero-order valence-electron chi connectivity index (χ0n) is 5.08. The Bertz CT molecular complexity index is 109. The number of hydrogen-bond acceptors (Lipinski definition) is 3. The fraction of sp³-hybridized carbons (Fsp3) is 1.00. The summed E-state index contributed by atoms with van der Waals surface area (Å²) in [4.78, 5) is -0.823. The van der Waals surface area contributed by atoms with Gasteiger partial charge in [-0.25, -0.2) is 4.39 Å². The number of rotatable bonds is 0. The van der Waals surface area contributed by atoms with Gasteiger partial charge in [-0.15, -0.1) is 0 Å². The zero-order chi connectivity index (χ0) is 7.72. The molecular formula is C5H8BrFO3. The molecule has 0 aromatic heterocycles. The second-order valence-electron chi connectivity index (χ2n) is 2.19. The molecule has 2 N–H and O–H groups in total. The summed E-state index contributed by atoms with van der Waals surface area (Å²) < 4.78 is 16.9. The largest absolute Gasteiger partial charge is 0.389 e. The summed E-state index contributed by atoms with van der Waals surface area (Å²) >= 11 is 2.85. The summed E-state index contributed by atoms with van der Waals surface area (Å²) in [6, 6.07) is 0. The third-order valence-electron chi connectivity index (χ3n) is 1.40. The molecule has 0 unspecified atom stereocenters. The van der Waals surface area contributed by atoms with Crippen molar-refractivity contribution in [3.63, 3.8) is 0 Å². The van der Waals surface area contributed by atoms with Crippen molar-refractivity contribution in [2.24, 2.45) is 0 Å². The van der Waals surface area contributed by atoms with Crippen molar-refractivity contribution in [1.82, 2.24) is 0 Å². The highest BCUT2D eigenvalue weighted by Gasteiger charge is 2.36. The van der Waals surface area contributed by atoms with Gasteiger partial charge in [0, 0.05) is 0 Å². The third kappa shape index (κ3) is 1.47. The minimum atomic E-state index is -1.53. The second-order valence-corrected chi connectivity index (χ2v) is 3.24. The average molecular weight is 215 g/mol. The highest BCUT2D eigenvalue weighted by Crippen LogP contribution is 2.22. The molecule has 0 aromatic carbocycles. The van der Waals surface area contributed by atoms with Crippen LogP contribution in [-0.2, 0) is 4.74 Å². The maximum Gasteiger partial charge on any atom is 0.214 e. The smallest absolute Gasteiger partial charge is 0.214 e. The summed E-state index contributed by atoms with van der Waals surface area (Å²) in [5.41, 5.74) is 0. The number of aliphatic hydroxyl groups is 2. The van der Waals surface area contributed by atoms with E-state index >= 15 is 0 Å². The summed E-state index contributed by atoms with van der Waals surface area (Å²) in [5, 5.41) is 17.9. The lowest BCUT2D eigenvalue weighted by atomic mass is 10.1. The first kappa shape index (κ1) is 8.39. The fourth-order valence-electron chi connectivity index (χ4n) is 0.748. The van der Waals surface area contributed by atoms with Crippen LogP contribution in [0, 0.1) is 0 Å². The zero-order valence-corrected chi connectivity index (χ0v) is 6.66. The number of hydrogen-bond donors (Lipinski definition) is 2. The molecule has 1 fully saturated rings. The van der Waals surface area contributed by atoms with E-state index in [2.05, 4.69) is 20.7 Å².